The van der Waals surface area contributed by atoms with E-state index < -0.39 is 17.7 Å². The van der Waals surface area contributed by atoms with Crippen LogP contribution in [0.3, 0.4) is 0 Å². The number of carbonyl (C=O) groups excluding carboxylic acids is 1. The maximum absolute atomic E-state index is 13.4. The molecule has 4 rings (SSSR count). The molecule has 0 aromatic heterocycles. The van der Waals surface area contributed by atoms with Crippen LogP contribution in [-0.2, 0) is 4.79 Å². The Morgan fingerprint density at radius 3 is 2.57 bits per heavy atom. The maximum atomic E-state index is 13.4. The van der Waals surface area contributed by atoms with Crippen molar-refractivity contribution in [2.75, 3.05) is 31.6 Å². The minimum atomic E-state index is -0.934. The zero-order valence-corrected chi connectivity index (χ0v) is 19.4. The summed E-state index contributed by atoms with van der Waals surface area (Å²) in [6, 6.07) is 18.6. The summed E-state index contributed by atoms with van der Waals surface area (Å²) in [5.41, 5.74) is 2.68. The standard InChI is InChI=1S/C27H28F2N2O4/c1-18(32)30-21-4-2-3-20(13-21)19-5-7-23(8-6-19)34-17-22(33)15-31-12-11-25(16-31)35-24-9-10-26(28)27(29)14-24/h2-10,13-14,22,25,33H,11-12,15-17H2,1H3,(H,30,32). The zero-order valence-electron chi connectivity index (χ0n) is 19.4. The van der Waals surface area contributed by atoms with E-state index in [9.17, 15) is 18.7 Å². The third kappa shape index (κ3) is 7.00. The van der Waals surface area contributed by atoms with Gasteiger partial charge < -0.3 is 19.9 Å². The van der Waals surface area contributed by atoms with E-state index in [0.717, 1.165) is 41.9 Å². The van der Waals surface area contributed by atoms with Crippen LogP contribution in [0.1, 0.15) is 13.3 Å². The predicted molar refractivity (Wildman–Crippen MR) is 130 cm³/mol. The van der Waals surface area contributed by atoms with Crippen molar-refractivity contribution in [2.45, 2.75) is 25.6 Å². The molecule has 0 bridgehead atoms. The van der Waals surface area contributed by atoms with Crippen LogP contribution in [-0.4, -0.2) is 54.4 Å². The van der Waals surface area contributed by atoms with Crippen molar-refractivity contribution in [3.05, 3.63) is 78.4 Å². The zero-order chi connectivity index (χ0) is 24.8. The second-order valence-electron chi connectivity index (χ2n) is 8.62. The number of ether oxygens (including phenoxy) is 2. The van der Waals surface area contributed by atoms with Gasteiger partial charge in [0.15, 0.2) is 11.6 Å². The number of nitrogens with zero attached hydrogens (tertiary/aromatic N) is 1. The van der Waals surface area contributed by atoms with Gasteiger partial charge in [0.25, 0.3) is 0 Å². The number of carbonyl (C=O) groups is 1. The Labute approximate surface area is 203 Å². The molecule has 8 heteroatoms. The first-order valence-electron chi connectivity index (χ1n) is 11.5. The van der Waals surface area contributed by atoms with E-state index in [2.05, 4.69) is 10.2 Å². The van der Waals surface area contributed by atoms with Gasteiger partial charge in [-0.2, -0.15) is 0 Å². The molecule has 1 heterocycles. The molecule has 0 spiro atoms. The largest absolute Gasteiger partial charge is 0.491 e. The quantitative estimate of drug-likeness (QED) is 0.471. The fourth-order valence-corrected chi connectivity index (χ4v) is 4.07. The molecule has 184 valence electrons. The van der Waals surface area contributed by atoms with Crippen LogP contribution < -0.4 is 14.8 Å². The van der Waals surface area contributed by atoms with Crippen molar-refractivity contribution in [2.24, 2.45) is 0 Å². The maximum Gasteiger partial charge on any atom is 0.221 e. The second-order valence-corrected chi connectivity index (χ2v) is 8.62. The summed E-state index contributed by atoms with van der Waals surface area (Å²) in [5.74, 6) is -1.02. The minimum Gasteiger partial charge on any atom is -0.491 e. The molecule has 1 saturated heterocycles. The van der Waals surface area contributed by atoms with Gasteiger partial charge in [-0.15, -0.1) is 0 Å². The molecular weight excluding hydrogens is 454 g/mol. The van der Waals surface area contributed by atoms with Crippen LogP contribution in [0.4, 0.5) is 14.5 Å². The van der Waals surface area contributed by atoms with E-state index >= 15 is 0 Å². The van der Waals surface area contributed by atoms with Crippen LogP contribution in [0.15, 0.2) is 66.7 Å². The number of hydrogen-bond donors (Lipinski definition) is 2. The van der Waals surface area contributed by atoms with E-state index in [1.54, 1.807) is 0 Å². The summed E-state index contributed by atoms with van der Waals surface area (Å²) >= 11 is 0. The predicted octanol–water partition coefficient (Wildman–Crippen LogP) is 4.48. The SMILES string of the molecule is CC(=O)Nc1cccc(-c2ccc(OCC(O)CN3CCC(Oc4ccc(F)c(F)c4)C3)cc2)c1. The first-order valence-corrected chi connectivity index (χ1v) is 11.5. The topological polar surface area (TPSA) is 71.0 Å². The highest BCUT2D eigenvalue weighted by molar-refractivity contribution is 5.89. The lowest BCUT2D eigenvalue weighted by Crippen LogP contribution is -2.35. The van der Waals surface area contributed by atoms with Gasteiger partial charge >= 0.3 is 0 Å². The molecule has 35 heavy (non-hydrogen) atoms. The summed E-state index contributed by atoms with van der Waals surface area (Å²) in [6.45, 7) is 3.35. The Hall–Kier alpha value is -3.49. The fraction of sp³-hybridized carbons (Fsp3) is 0.296. The Bertz CT molecular complexity index is 1160. The van der Waals surface area contributed by atoms with E-state index in [0.29, 0.717) is 24.6 Å². The van der Waals surface area contributed by atoms with Crippen LogP contribution in [0.25, 0.3) is 11.1 Å². The van der Waals surface area contributed by atoms with Gasteiger partial charge in [0.05, 0.1) is 0 Å². The van der Waals surface area contributed by atoms with Gasteiger partial charge in [0.2, 0.25) is 5.91 Å². The lowest BCUT2D eigenvalue weighted by Gasteiger charge is -2.20. The van der Waals surface area contributed by atoms with Gasteiger partial charge in [-0.3, -0.25) is 9.69 Å². The number of hydrogen-bond acceptors (Lipinski definition) is 5. The van der Waals surface area contributed by atoms with Gasteiger partial charge in [-0.25, -0.2) is 8.78 Å². The van der Waals surface area contributed by atoms with Crippen molar-refractivity contribution < 1.29 is 28.2 Å². The molecule has 3 aromatic carbocycles. The number of amides is 1. The summed E-state index contributed by atoms with van der Waals surface area (Å²) in [6.07, 6.45) is -0.104. The van der Waals surface area contributed by atoms with Crippen LogP contribution in [0.2, 0.25) is 0 Å². The molecule has 1 amide bonds. The number of aliphatic hydroxyl groups is 1. The molecule has 2 unspecified atom stereocenters. The Morgan fingerprint density at radius 2 is 1.83 bits per heavy atom. The Morgan fingerprint density at radius 1 is 1.06 bits per heavy atom. The highest BCUT2D eigenvalue weighted by Crippen LogP contribution is 2.25. The molecule has 0 radical (unpaired) electrons. The minimum absolute atomic E-state index is 0.121. The molecule has 3 aromatic rings. The monoisotopic (exact) mass is 482 g/mol. The van der Waals surface area contributed by atoms with Gasteiger partial charge in [0.1, 0.15) is 30.3 Å². The Kier molecular flexibility index (Phi) is 7.94. The molecule has 0 aliphatic carbocycles. The Balaban J connectivity index is 1.23. The van der Waals surface area contributed by atoms with E-state index in [4.69, 9.17) is 9.47 Å². The average molecular weight is 483 g/mol. The van der Waals surface area contributed by atoms with Crippen LogP contribution in [0.5, 0.6) is 11.5 Å². The van der Waals surface area contributed by atoms with Crippen molar-refractivity contribution >= 4 is 11.6 Å². The molecule has 6 nitrogen and oxygen atoms in total. The van der Waals surface area contributed by atoms with Crippen molar-refractivity contribution in [3.8, 4) is 22.6 Å². The van der Waals surface area contributed by atoms with Crippen molar-refractivity contribution in [3.63, 3.8) is 0 Å². The smallest absolute Gasteiger partial charge is 0.221 e. The molecule has 0 saturated carbocycles. The number of anilines is 1. The van der Waals surface area contributed by atoms with Gasteiger partial charge in [-0.1, -0.05) is 24.3 Å². The fourth-order valence-electron chi connectivity index (χ4n) is 4.07. The number of likely N-dealkylation sites (tertiary alicyclic amines) is 1. The summed E-state index contributed by atoms with van der Waals surface area (Å²) in [7, 11) is 0. The number of β-amino-alcohol motifs (C(OH)–C–C–N with tert-alkyl or cyclic N) is 1. The van der Waals surface area contributed by atoms with Gasteiger partial charge in [-0.05, 0) is 53.9 Å². The van der Waals surface area contributed by atoms with Crippen LogP contribution >= 0.6 is 0 Å². The first-order chi connectivity index (χ1) is 16.9. The third-order valence-electron chi connectivity index (χ3n) is 5.70. The number of halogens is 2. The molecule has 2 N–H and O–H groups in total. The number of benzene rings is 3. The highest BCUT2D eigenvalue weighted by Gasteiger charge is 2.26. The molecular formula is C27H28F2N2O4. The molecule has 1 aliphatic heterocycles. The number of nitrogens with one attached hydrogen (secondary N) is 1. The molecule has 2 atom stereocenters. The number of rotatable bonds is 9. The summed E-state index contributed by atoms with van der Waals surface area (Å²) in [5, 5.41) is 13.2. The number of aliphatic hydroxyl groups excluding tert-OH is 1. The highest BCUT2D eigenvalue weighted by atomic mass is 19.2. The first kappa shape index (κ1) is 24.6. The lowest BCUT2D eigenvalue weighted by molar-refractivity contribution is -0.114. The van der Waals surface area contributed by atoms with Gasteiger partial charge in [0, 0.05) is 38.3 Å². The normalized spacial score (nSPS) is 16.6. The molecule has 1 fully saturated rings. The summed E-state index contributed by atoms with van der Waals surface area (Å²) < 4.78 is 37.9. The molecule has 1 aliphatic rings. The van der Waals surface area contributed by atoms with Crippen LogP contribution in [0, 0.1) is 11.6 Å². The average Bonchev–Trinajstić information content (AvgIpc) is 3.26. The summed E-state index contributed by atoms with van der Waals surface area (Å²) in [4.78, 5) is 13.3. The van der Waals surface area contributed by atoms with Crippen molar-refractivity contribution in [1.29, 1.82) is 0 Å². The van der Waals surface area contributed by atoms with E-state index in [1.807, 2.05) is 48.5 Å². The third-order valence-corrected chi connectivity index (χ3v) is 5.70. The van der Waals surface area contributed by atoms with E-state index in [1.165, 1.54) is 13.0 Å². The van der Waals surface area contributed by atoms with Crippen molar-refractivity contribution in [1.82, 2.24) is 4.90 Å². The second kappa shape index (κ2) is 11.3. The van der Waals surface area contributed by atoms with E-state index in [-0.39, 0.29) is 18.6 Å². The lowest BCUT2D eigenvalue weighted by atomic mass is 10.0.